The van der Waals surface area contributed by atoms with Crippen molar-refractivity contribution in [2.24, 2.45) is 0 Å². The summed E-state index contributed by atoms with van der Waals surface area (Å²) < 4.78 is 76.0. The Morgan fingerprint density at radius 1 is 0.733 bits per heavy atom. The van der Waals surface area contributed by atoms with Gasteiger partial charge in [-0.05, 0) is 0 Å². The molecule has 1 aliphatic heterocycles. The van der Waals surface area contributed by atoms with E-state index in [9.17, 15) is 81.2 Å². The van der Waals surface area contributed by atoms with Crippen LogP contribution in [0.2, 0.25) is 0 Å². The maximum Gasteiger partial charge on any atom is 0.360 e. The predicted octanol–water partition coefficient (Wildman–Crippen LogP) is -2.00. The normalized spacial score (nSPS) is 27.4. The van der Waals surface area contributed by atoms with Crippen LogP contribution in [0.3, 0.4) is 0 Å². The number of hydrogen-bond donors (Lipinski definition) is 11. The van der Waals surface area contributed by atoms with E-state index in [-0.39, 0.29) is 0 Å². The Morgan fingerprint density at radius 2 is 1.03 bits per heavy atom. The summed E-state index contributed by atoms with van der Waals surface area (Å²) in [5, 5.41) is -4.26. The third-order valence-electron chi connectivity index (χ3n) is 3.74. The molecule has 0 aromatic carbocycles. The van der Waals surface area contributed by atoms with Crippen LogP contribution in [-0.4, -0.2) is 81.4 Å². The van der Waals surface area contributed by atoms with Crippen LogP contribution in [0.25, 0.3) is 0 Å². The summed E-state index contributed by atoms with van der Waals surface area (Å²) in [6.07, 6.45) is -1.57. The van der Waals surface area contributed by atoms with Gasteiger partial charge >= 0.3 is 45.6 Å². The third kappa shape index (κ3) is 5.32. The van der Waals surface area contributed by atoms with E-state index in [1.165, 1.54) is 0 Å². The summed E-state index contributed by atoms with van der Waals surface area (Å²) in [7, 11) is -38.6. The first kappa shape index (κ1) is 28.9. The van der Waals surface area contributed by atoms with Crippen molar-refractivity contribution in [3.05, 3.63) is 0 Å². The van der Waals surface area contributed by atoms with Crippen molar-refractivity contribution in [1.82, 2.24) is 4.90 Å². The van der Waals surface area contributed by atoms with Gasteiger partial charge in [-0.2, -0.15) is 0 Å². The maximum atomic E-state index is 12.5. The molecule has 0 saturated carbocycles. The molecule has 1 heterocycles. The highest BCUT2D eigenvalue weighted by Crippen LogP contribution is 2.83. The van der Waals surface area contributed by atoms with E-state index in [1.54, 1.807) is 0 Å². The van der Waals surface area contributed by atoms with Crippen LogP contribution in [0, 0.1) is 0 Å². The number of nitrogens with zero attached hydrogens (tertiary/aromatic N) is 1. The molecule has 2 atom stereocenters. The molecule has 1 rings (SSSR count). The molecular weight excluding hydrogens is 548 g/mol. The molecule has 19 nitrogen and oxygen atoms in total. The Kier molecular flexibility index (Phi) is 7.96. The number of hydrogen-bond acceptors (Lipinski definition) is 8. The quantitative estimate of drug-likeness (QED) is 0.142. The fourth-order valence-corrected chi connectivity index (χ4v) is 13.6. The lowest BCUT2D eigenvalue weighted by molar-refractivity contribution is 0.143. The minimum absolute atomic E-state index is 1.18. The highest BCUT2D eigenvalue weighted by Gasteiger charge is 2.77. The molecule has 2 unspecified atom stereocenters. The molecular formula is C5H17NO18P6. The Morgan fingerprint density at radius 3 is 1.20 bits per heavy atom. The molecule has 30 heavy (non-hydrogen) atoms. The third-order valence-corrected chi connectivity index (χ3v) is 15.6. The zero-order valence-corrected chi connectivity index (χ0v) is 19.3. The van der Waals surface area contributed by atoms with Crippen LogP contribution >= 0.6 is 45.6 Å². The Labute approximate surface area is 166 Å². The van der Waals surface area contributed by atoms with Gasteiger partial charge in [-0.25, -0.2) is 4.90 Å². The van der Waals surface area contributed by atoms with Gasteiger partial charge in [0.1, 0.15) is 0 Å². The van der Waals surface area contributed by atoms with E-state index in [2.05, 4.69) is 4.52 Å². The predicted molar refractivity (Wildman–Crippen MR) is 92.8 cm³/mol. The van der Waals surface area contributed by atoms with E-state index >= 15 is 0 Å². The molecule has 0 aliphatic carbocycles. The van der Waals surface area contributed by atoms with Gasteiger partial charge in [0.15, 0.2) is 0 Å². The van der Waals surface area contributed by atoms with E-state index < -0.39 is 79.6 Å². The molecule has 11 N–H and O–H groups in total. The van der Waals surface area contributed by atoms with Gasteiger partial charge in [-0.3, -0.25) is 27.4 Å². The van der Waals surface area contributed by atoms with E-state index in [0.29, 0.717) is 0 Å². The van der Waals surface area contributed by atoms with E-state index in [0.717, 1.165) is 0 Å². The first-order chi connectivity index (χ1) is 12.8. The monoisotopic (exact) mass is 565 g/mol. The SMILES string of the molecule is O=P(O)(O)C(N(C(P(=O)(O)O)P(=O)(O)O)C1(P(=O)(O)O)CCOP1(=O)O)P(=O)(O)O. The smallest absolute Gasteiger partial charge is 0.323 e. The summed E-state index contributed by atoms with van der Waals surface area (Å²) in [6, 6.07) is 0. The van der Waals surface area contributed by atoms with Crippen molar-refractivity contribution in [2.75, 3.05) is 6.61 Å². The van der Waals surface area contributed by atoms with Gasteiger partial charge in [0.25, 0.3) is 0 Å². The minimum Gasteiger partial charge on any atom is -0.323 e. The second-order valence-corrected chi connectivity index (χ2v) is 17.6. The van der Waals surface area contributed by atoms with Crippen LogP contribution in [0.1, 0.15) is 6.42 Å². The second-order valence-electron chi connectivity index (χ2n) is 5.88. The lowest BCUT2D eigenvalue weighted by atomic mass is 10.4. The minimum atomic E-state index is -6.52. The summed E-state index contributed by atoms with van der Waals surface area (Å²) in [4.78, 5) is 103. The molecule has 0 aromatic rings. The summed E-state index contributed by atoms with van der Waals surface area (Å²) in [6.45, 7) is -1.18. The van der Waals surface area contributed by atoms with Gasteiger partial charge in [0.2, 0.25) is 16.1 Å². The first-order valence-electron chi connectivity index (χ1n) is 6.84. The molecule has 0 bridgehead atoms. The summed E-state index contributed by atoms with van der Waals surface area (Å²) in [5.41, 5.74) is -8.16. The lowest BCUT2D eigenvalue weighted by Gasteiger charge is -2.47. The van der Waals surface area contributed by atoms with Crippen molar-refractivity contribution in [2.45, 2.75) is 22.5 Å². The highest BCUT2D eigenvalue weighted by molar-refractivity contribution is 7.75. The fourth-order valence-electron chi connectivity index (χ4n) is 2.82. The van der Waals surface area contributed by atoms with Gasteiger partial charge in [-0.15, -0.1) is 0 Å². The molecule has 1 fully saturated rings. The van der Waals surface area contributed by atoms with Crippen LogP contribution in [0.4, 0.5) is 0 Å². The molecule has 0 aromatic heterocycles. The first-order valence-corrected chi connectivity index (χ1v) is 16.8. The highest BCUT2D eigenvalue weighted by atomic mass is 31.3. The van der Waals surface area contributed by atoms with E-state index in [1.807, 2.05) is 0 Å². The van der Waals surface area contributed by atoms with Crippen molar-refractivity contribution in [3.63, 3.8) is 0 Å². The zero-order valence-electron chi connectivity index (χ0n) is 14.0. The average Bonchev–Trinajstić information content (AvgIpc) is 2.66. The summed E-state index contributed by atoms with van der Waals surface area (Å²) in [5.74, 6) is 0. The van der Waals surface area contributed by atoms with Crippen molar-refractivity contribution in [3.8, 4) is 0 Å². The molecule has 1 aliphatic rings. The zero-order chi connectivity index (χ0) is 24.4. The Hall–Kier alpha value is 0.860. The summed E-state index contributed by atoms with van der Waals surface area (Å²) >= 11 is 0. The lowest BCUT2D eigenvalue weighted by Crippen LogP contribution is -2.56. The maximum absolute atomic E-state index is 12.5. The number of rotatable bonds is 8. The Bertz CT molecular complexity index is 868. The van der Waals surface area contributed by atoms with Crippen molar-refractivity contribution >= 4 is 45.6 Å². The van der Waals surface area contributed by atoms with E-state index in [4.69, 9.17) is 0 Å². The van der Waals surface area contributed by atoms with Crippen LogP contribution in [-0.2, 0) is 31.9 Å². The van der Waals surface area contributed by atoms with Gasteiger partial charge < -0.3 is 58.4 Å². The molecule has 0 amide bonds. The molecule has 25 heteroatoms. The topological polar surface area (TPSA) is 337 Å². The van der Waals surface area contributed by atoms with Crippen molar-refractivity contribution in [1.29, 1.82) is 0 Å². The van der Waals surface area contributed by atoms with Gasteiger partial charge in [-0.1, -0.05) is 0 Å². The van der Waals surface area contributed by atoms with Crippen LogP contribution < -0.4 is 0 Å². The van der Waals surface area contributed by atoms with Gasteiger partial charge in [0, 0.05) is 6.42 Å². The second kappa shape index (κ2) is 8.26. The van der Waals surface area contributed by atoms with Gasteiger partial charge in [0.05, 0.1) is 6.61 Å². The standard InChI is InChI=1S/C5H17NO18P6/c7-25(8,9)3(26(10,11)12)6(4(27(13,14)15)28(16,17)18)5(29(19,20)21)1-2-24-30(5,22)23/h3-4H,1-2H2,(H,22,23)(H2,7,8,9)(H2,10,11,12)(H2,13,14,15)(H2,16,17,18)(H2,19,20,21). The molecule has 180 valence electrons. The average molecular weight is 565 g/mol. The molecule has 0 spiro atoms. The molecule has 1 saturated heterocycles. The molecule has 0 radical (unpaired) electrons. The largest absolute Gasteiger partial charge is 0.360 e. The van der Waals surface area contributed by atoms with Crippen LogP contribution in [0.15, 0.2) is 0 Å². The van der Waals surface area contributed by atoms with Crippen LogP contribution in [0.5, 0.6) is 0 Å². The fraction of sp³-hybridized carbons (Fsp3) is 1.00. The van der Waals surface area contributed by atoms with Crippen molar-refractivity contribution < 1.29 is 85.7 Å². The Balaban J connectivity index is 4.35.